The largest absolute Gasteiger partial charge is 0.507 e. The summed E-state index contributed by atoms with van der Waals surface area (Å²) in [5.41, 5.74) is 7.06. The molecule has 29 heavy (non-hydrogen) atoms. The molecule has 4 rings (SSSR count). The van der Waals surface area contributed by atoms with Gasteiger partial charge in [0, 0.05) is 47.5 Å². The average Bonchev–Trinajstić information content (AvgIpc) is 3.06. The molecule has 0 bridgehead atoms. The number of aromatic nitrogens is 2. The molecule has 152 valence electrons. The lowest BCUT2D eigenvalue weighted by molar-refractivity contribution is 0.383. The zero-order valence-corrected chi connectivity index (χ0v) is 16.6. The molecule has 3 aromatic carbocycles. The Balaban J connectivity index is 2.07. The van der Waals surface area contributed by atoms with Crippen LogP contribution in [0, 0.1) is 0 Å². The van der Waals surface area contributed by atoms with E-state index in [2.05, 4.69) is 15.3 Å². The fourth-order valence-corrected chi connectivity index (χ4v) is 3.96. The highest BCUT2D eigenvalue weighted by Crippen LogP contribution is 2.37. The first-order valence-electron chi connectivity index (χ1n) is 9.68. The molecule has 1 heterocycles. The topological polar surface area (TPSA) is 116 Å². The molecule has 0 saturated carbocycles. The fraction of sp³-hybridized carbons (Fsp3) is 0.333. The predicted molar refractivity (Wildman–Crippen MR) is 117 cm³/mol. The van der Waals surface area contributed by atoms with Gasteiger partial charge in [-0.2, -0.15) is 0 Å². The Hall–Kier alpha value is -3.10. The summed E-state index contributed by atoms with van der Waals surface area (Å²) in [6, 6.07) is 6.10. The third-order valence-corrected chi connectivity index (χ3v) is 5.24. The van der Waals surface area contributed by atoms with Gasteiger partial charge < -0.3 is 21.1 Å². The number of phenols is 1. The van der Waals surface area contributed by atoms with Crippen LogP contribution in [0.25, 0.3) is 32.6 Å². The smallest absolute Gasteiger partial charge is 0.206 e. The Labute approximate surface area is 166 Å². The van der Waals surface area contributed by atoms with Crippen LogP contribution >= 0.6 is 0 Å². The van der Waals surface area contributed by atoms with Crippen molar-refractivity contribution in [3.63, 3.8) is 0 Å². The van der Waals surface area contributed by atoms with Crippen LogP contribution in [0.5, 0.6) is 5.75 Å². The highest BCUT2D eigenvalue weighted by molar-refractivity contribution is 6.23. The molecule has 4 aromatic rings. The van der Waals surface area contributed by atoms with Crippen LogP contribution in [0.2, 0.25) is 0 Å². The molecular weight excluding hydrogens is 370 g/mol. The molecule has 1 aromatic heterocycles. The summed E-state index contributed by atoms with van der Waals surface area (Å²) >= 11 is 0. The van der Waals surface area contributed by atoms with E-state index in [0.717, 1.165) is 18.4 Å². The molecule has 0 saturated heterocycles. The van der Waals surface area contributed by atoms with E-state index in [9.17, 15) is 14.7 Å². The lowest BCUT2D eigenvalue weighted by atomic mass is 9.99. The number of hydrogen-bond acceptors (Lipinski definition) is 6. The van der Waals surface area contributed by atoms with Crippen molar-refractivity contribution in [2.75, 3.05) is 39.0 Å². The first kappa shape index (κ1) is 19.2. The van der Waals surface area contributed by atoms with Crippen molar-refractivity contribution in [2.45, 2.75) is 13.0 Å². The van der Waals surface area contributed by atoms with E-state index in [0.29, 0.717) is 52.5 Å². The Bertz CT molecular complexity index is 1310. The number of phenolic OH excluding ortho intramolecular Hbond substituents is 1. The number of benzene rings is 3. The van der Waals surface area contributed by atoms with Crippen LogP contribution in [0.1, 0.15) is 6.42 Å². The van der Waals surface area contributed by atoms with Crippen LogP contribution in [0.4, 0.5) is 5.69 Å². The van der Waals surface area contributed by atoms with Crippen molar-refractivity contribution >= 4 is 38.3 Å². The maximum absolute atomic E-state index is 13.0. The van der Waals surface area contributed by atoms with Crippen molar-refractivity contribution in [3.05, 3.63) is 44.7 Å². The van der Waals surface area contributed by atoms with Crippen molar-refractivity contribution < 1.29 is 5.11 Å². The van der Waals surface area contributed by atoms with E-state index in [1.807, 2.05) is 18.8 Å². The number of aromatic hydroxyl groups is 1. The molecule has 5 N–H and O–H groups in total. The minimum Gasteiger partial charge on any atom is -0.507 e. The summed E-state index contributed by atoms with van der Waals surface area (Å²) < 4.78 is 1.82. The molecule has 0 fully saturated rings. The number of anilines is 1. The Morgan fingerprint density at radius 1 is 1.14 bits per heavy atom. The molecule has 0 aliphatic carbocycles. The number of rotatable bonds is 7. The van der Waals surface area contributed by atoms with E-state index in [1.54, 1.807) is 12.1 Å². The van der Waals surface area contributed by atoms with Crippen molar-refractivity contribution in [3.8, 4) is 5.75 Å². The molecule has 0 unspecified atom stereocenters. The first-order chi connectivity index (χ1) is 13.9. The number of aryl methyl sites for hydroxylation is 1. The van der Waals surface area contributed by atoms with Crippen LogP contribution in [-0.4, -0.2) is 53.5 Å². The molecule has 8 heteroatoms. The lowest BCUT2D eigenvalue weighted by Gasteiger charge is -2.11. The molecule has 8 nitrogen and oxygen atoms in total. The normalized spacial score (nSPS) is 12.0. The number of H-pyrrole nitrogens is 1. The van der Waals surface area contributed by atoms with Crippen molar-refractivity contribution in [2.24, 2.45) is 5.73 Å². The van der Waals surface area contributed by atoms with Crippen molar-refractivity contribution in [1.29, 1.82) is 0 Å². The van der Waals surface area contributed by atoms with Gasteiger partial charge in [-0.25, -0.2) is 0 Å². The van der Waals surface area contributed by atoms with E-state index in [4.69, 9.17) is 5.73 Å². The van der Waals surface area contributed by atoms with Gasteiger partial charge >= 0.3 is 0 Å². The quantitative estimate of drug-likeness (QED) is 0.352. The number of nitrogens with zero attached hydrogens (tertiary/aromatic N) is 2. The zero-order chi connectivity index (χ0) is 20.7. The van der Waals surface area contributed by atoms with Gasteiger partial charge in [-0.05, 0) is 45.3 Å². The SMILES string of the molecule is CN(C)CCCn1[nH]c2c3c(=O)ccc(O)c3cc3c(NCCN)cc(=O)c1c32. The average molecular weight is 395 g/mol. The maximum atomic E-state index is 13.0. The van der Waals surface area contributed by atoms with Crippen LogP contribution in [0.15, 0.2) is 33.9 Å². The van der Waals surface area contributed by atoms with Gasteiger partial charge in [-0.1, -0.05) is 0 Å². The van der Waals surface area contributed by atoms with Crippen LogP contribution in [0.3, 0.4) is 0 Å². The minimum atomic E-state index is -0.198. The van der Waals surface area contributed by atoms with Crippen LogP contribution < -0.4 is 21.9 Å². The van der Waals surface area contributed by atoms with Crippen molar-refractivity contribution in [1.82, 2.24) is 14.7 Å². The number of aromatic amines is 1. The predicted octanol–water partition coefficient (Wildman–Crippen LogP) is 1.46. The third kappa shape index (κ3) is 3.20. The van der Waals surface area contributed by atoms with E-state index in [1.165, 1.54) is 12.1 Å². The second-order valence-corrected chi connectivity index (χ2v) is 7.59. The Kier molecular flexibility index (Phi) is 4.89. The molecule has 0 aliphatic heterocycles. The summed E-state index contributed by atoms with van der Waals surface area (Å²) in [4.78, 5) is 27.7. The zero-order valence-electron chi connectivity index (χ0n) is 16.6. The number of fused-ring (bicyclic) bond motifs is 2. The van der Waals surface area contributed by atoms with Gasteiger partial charge in [0.05, 0.1) is 10.9 Å². The highest BCUT2D eigenvalue weighted by atomic mass is 16.3. The summed E-state index contributed by atoms with van der Waals surface area (Å²) in [5, 5.41) is 19.2. The molecule has 0 radical (unpaired) electrons. The molecule has 0 atom stereocenters. The van der Waals surface area contributed by atoms with Gasteiger partial charge in [0.1, 0.15) is 11.3 Å². The second-order valence-electron chi connectivity index (χ2n) is 7.59. The first-order valence-corrected chi connectivity index (χ1v) is 9.68. The maximum Gasteiger partial charge on any atom is 0.206 e. The minimum absolute atomic E-state index is 0.0307. The summed E-state index contributed by atoms with van der Waals surface area (Å²) in [7, 11) is 4.00. The third-order valence-electron chi connectivity index (χ3n) is 5.24. The number of nitrogens with two attached hydrogens (primary N) is 1. The van der Waals surface area contributed by atoms with Gasteiger partial charge in [-0.3, -0.25) is 19.4 Å². The van der Waals surface area contributed by atoms with Gasteiger partial charge in [0.15, 0.2) is 5.43 Å². The summed E-state index contributed by atoms with van der Waals surface area (Å²) in [6.45, 7) is 2.41. The molecule has 0 spiro atoms. The Morgan fingerprint density at radius 2 is 1.93 bits per heavy atom. The fourth-order valence-electron chi connectivity index (χ4n) is 3.96. The lowest BCUT2D eigenvalue weighted by Crippen LogP contribution is -2.17. The van der Waals surface area contributed by atoms with Gasteiger partial charge in [0.25, 0.3) is 0 Å². The van der Waals surface area contributed by atoms with E-state index >= 15 is 0 Å². The van der Waals surface area contributed by atoms with E-state index < -0.39 is 0 Å². The van der Waals surface area contributed by atoms with E-state index in [-0.39, 0.29) is 16.6 Å². The molecular formula is C21H25N5O3. The molecule has 0 amide bonds. The molecule has 0 aliphatic rings. The highest BCUT2D eigenvalue weighted by Gasteiger charge is 2.20. The standard InChI is InChI=1S/C21H25N5O3/c1-25(2)8-3-9-26-21-17(29)11-14(23-7-6-22)12-10-13-15(27)4-5-16(28)18(13)20(24-26)19(12)21/h4-5,10-11,23-24,27H,3,6-9,22H2,1-2H3. The van der Waals surface area contributed by atoms with Gasteiger partial charge in [-0.15, -0.1) is 0 Å². The van der Waals surface area contributed by atoms with Gasteiger partial charge in [0.2, 0.25) is 5.43 Å². The van der Waals surface area contributed by atoms with Crippen LogP contribution in [-0.2, 0) is 6.54 Å². The Morgan fingerprint density at radius 3 is 2.66 bits per heavy atom. The number of hydrogen-bond donors (Lipinski definition) is 4. The monoisotopic (exact) mass is 395 g/mol. The second kappa shape index (κ2) is 7.38. The summed E-state index contributed by atoms with van der Waals surface area (Å²) in [6.07, 6.45) is 0.843. The number of nitrogens with one attached hydrogen (secondary N) is 2. The summed E-state index contributed by atoms with van der Waals surface area (Å²) in [5.74, 6) is 0.0307.